The Kier molecular flexibility index (Phi) is 2.67. The number of rotatable bonds is 2. The Bertz CT molecular complexity index is 392. The van der Waals surface area contributed by atoms with Crippen molar-refractivity contribution in [2.75, 3.05) is 13.7 Å². The lowest BCUT2D eigenvalue weighted by molar-refractivity contribution is 0.329. The van der Waals surface area contributed by atoms with E-state index in [9.17, 15) is 0 Å². The molecule has 0 aliphatic carbocycles. The molecular weight excluding hydrogens is 188 g/mol. The molecule has 80 valence electrons. The summed E-state index contributed by atoms with van der Waals surface area (Å²) in [5, 5.41) is 0. The van der Waals surface area contributed by atoms with Crippen LogP contribution >= 0.6 is 0 Å². The molecule has 0 N–H and O–H groups in total. The van der Waals surface area contributed by atoms with Crippen LogP contribution in [-0.4, -0.2) is 13.7 Å². The van der Waals surface area contributed by atoms with Crippen molar-refractivity contribution in [1.29, 1.82) is 0 Å². The van der Waals surface area contributed by atoms with Crippen molar-refractivity contribution in [3.63, 3.8) is 0 Å². The van der Waals surface area contributed by atoms with Crippen LogP contribution in [0.15, 0.2) is 23.8 Å². The smallest absolute Gasteiger partial charge is 0.130 e. The van der Waals surface area contributed by atoms with Gasteiger partial charge in [0, 0.05) is 0 Å². The maximum absolute atomic E-state index is 5.69. The van der Waals surface area contributed by atoms with Crippen LogP contribution < -0.4 is 9.47 Å². The minimum Gasteiger partial charge on any atom is -0.496 e. The van der Waals surface area contributed by atoms with Gasteiger partial charge in [0.2, 0.25) is 0 Å². The molecule has 1 aliphatic rings. The molecule has 15 heavy (non-hydrogen) atoms. The third kappa shape index (κ3) is 1.84. The van der Waals surface area contributed by atoms with Gasteiger partial charge in [-0.3, -0.25) is 0 Å². The van der Waals surface area contributed by atoms with Crippen LogP contribution in [0, 0.1) is 5.92 Å². The number of ether oxygens (including phenoxy) is 2. The predicted molar refractivity (Wildman–Crippen MR) is 61.3 cm³/mol. The molecule has 2 rings (SSSR count). The minimum atomic E-state index is 0.517. The van der Waals surface area contributed by atoms with Gasteiger partial charge in [-0.15, -0.1) is 0 Å². The molecule has 0 saturated carbocycles. The minimum absolute atomic E-state index is 0.517. The molecule has 0 spiro atoms. The summed E-state index contributed by atoms with van der Waals surface area (Å²) in [5.74, 6) is 2.31. The molecule has 0 amide bonds. The Hall–Kier alpha value is -1.44. The van der Waals surface area contributed by atoms with Gasteiger partial charge in [-0.1, -0.05) is 19.9 Å². The van der Waals surface area contributed by atoms with Gasteiger partial charge in [0.25, 0.3) is 0 Å². The second-order valence-electron chi connectivity index (χ2n) is 4.03. The van der Waals surface area contributed by atoms with Gasteiger partial charge in [-0.2, -0.15) is 0 Å². The molecule has 1 aromatic rings. The Balaban J connectivity index is 2.47. The second-order valence-corrected chi connectivity index (χ2v) is 4.03. The van der Waals surface area contributed by atoms with Gasteiger partial charge in [-0.05, 0) is 29.7 Å². The molecule has 2 heteroatoms. The maximum atomic E-state index is 5.69. The number of fused-ring (bicyclic) bond motifs is 1. The summed E-state index contributed by atoms with van der Waals surface area (Å²) in [4.78, 5) is 0. The maximum Gasteiger partial charge on any atom is 0.130 e. The first-order valence-electron chi connectivity index (χ1n) is 5.22. The summed E-state index contributed by atoms with van der Waals surface area (Å²) in [6.45, 7) is 5.04. The van der Waals surface area contributed by atoms with Crippen LogP contribution in [0.25, 0.3) is 6.08 Å². The van der Waals surface area contributed by atoms with E-state index < -0.39 is 0 Å². The van der Waals surface area contributed by atoms with E-state index in [0.29, 0.717) is 12.5 Å². The van der Waals surface area contributed by atoms with Crippen molar-refractivity contribution in [2.24, 2.45) is 5.92 Å². The number of hydrogen-bond acceptors (Lipinski definition) is 2. The first-order valence-corrected chi connectivity index (χ1v) is 5.22. The van der Waals surface area contributed by atoms with E-state index in [4.69, 9.17) is 9.47 Å². The van der Waals surface area contributed by atoms with E-state index in [0.717, 1.165) is 17.1 Å². The number of benzene rings is 1. The molecule has 0 saturated heterocycles. The molecule has 0 aromatic heterocycles. The highest BCUT2D eigenvalue weighted by molar-refractivity contribution is 5.68. The zero-order valence-corrected chi connectivity index (χ0v) is 9.41. The number of hydrogen-bond donors (Lipinski definition) is 0. The first kappa shape index (κ1) is 10.1. The van der Waals surface area contributed by atoms with Gasteiger partial charge in [0.1, 0.15) is 18.1 Å². The van der Waals surface area contributed by atoms with Crippen molar-refractivity contribution < 1.29 is 9.47 Å². The molecule has 1 aromatic carbocycles. The first-order chi connectivity index (χ1) is 7.22. The van der Waals surface area contributed by atoms with Crippen LogP contribution in [0.1, 0.15) is 19.4 Å². The van der Waals surface area contributed by atoms with Gasteiger partial charge in [0.05, 0.1) is 12.7 Å². The summed E-state index contributed by atoms with van der Waals surface area (Å²) >= 11 is 0. The second kappa shape index (κ2) is 3.97. The van der Waals surface area contributed by atoms with Crippen molar-refractivity contribution in [3.8, 4) is 11.5 Å². The topological polar surface area (TPSA) is 18.5 Å². The molecule has 0 fully saturated rings. The van der Waals surface area contributed by atoms with Gasteiger partial charge in [0.15, 0.2) is 0 Å². The zero-order valence-electron chi connectivity index (χ0n) is 9.41. The third-order valence-electron chi connectivity index (χ3n) is 2.71. The van der Waals surface area contributed by atoms with E-state index in [1.54, 1.807) is 7.11 Å². The molecule has 0 bridgehead atoms. The molecule has 0 atom stereocenters. The highest BCUT2D eigenvalue weighted by Gasteiger charge is 2.16. The van der Waals surface area contributed by atoms with E-state index in [1.165, 1.54) is 5.57 Å². The molecular formula is C13H16O2. The van der Waals surface area contributed by atoms with Crippen molar-refractivity contribution in [2.45, 2.75) is 13.8 Å². The van der Waals surface area contributed by atoms with Crippen LogP contribution in [0.3, 0.4) is 0 Å². The highest BCUT2D eigenvalue weighted by Crippen LogP contribution is 2.35. The lowest BCUT2D eigenvalue weighted by atomic mass is 9.98. The normalized spacial score (nSPS) is 14.3. The van der Waals surface area contributed by atoms with Crippen molar-refractivity contribution in [3.05, 3.63) is 29.3 Å². The van der Waals surface area contributed by atoms with Crippen LogP contribution in [0.2, 0.25) is 0 Å². The summed E-state index contributed by atoms with van der Waals surface area (Å²) < 4.78 is 11.0. The summed E-state index contributed by atoms with van der Waals surface area (Å²) in [6.07, 6.45) is 2.18. The molecule has 1 heterocycles. The molecule has 0 unspecified atom stereocenters. The fourth-order valence-corrected chi connectivity index (χ4v) is 1.69. The van der Waals surface area contributed by atoms with Crippen LogP contribution in [0.5, 0.6) is 11.5 Å². The summed E-state index contributed by atoms with van der Waals surface area (Å²) in [5.41, 5.74) is 2.38. The fraction of sp³-hybridized carbons (Fsp3) is 0.385. The third-order valence-corrected chi connectivity index (χ3v) is 2.71. The van der Waals surface area contributed by atoms with Gasteiger partial charge >= 0.3 is 0 Å². The Morgan fingerprint density at radius 3 is 2.80 bits per heavy atom. The summed E-state index contributed by atoms with van der Waals surface area (Å²) in [7, 11) is 1.69. The standard InChI is InChI=1S/C13H16O2/c1-9(2)10-7-11-12(14-3)5-4-6-13(11)15-8-10/h4-7,9H,8H2,1-3H3. The lowest BCUT2D eigenvalue weighted by Crippen LogP contribution is -2.11. The fourth-order valence-electron chi connectivity index (χ4n) is 1.69. The molecule has 2 nitrogen and oxygen atoms in total. The Morgan fingerprint density at radius 1 is 1.33 bits per heavy atom. The number of methoxy groups -OCH3 is 1. The van der Waals surface area contributed by atoms with Crippen molar-refractivity contribution >= 4 is 6.08 Å². The van der Waals surface area contributed by atoms with Gasteiger partial charge in [-0.25, -0.2) is 0 Å². The average molecular weight is 204 g/mol. The monoisotopic (exact) mass is 204 g/mol. The summed E-state index contributed by atoms with van der Waals surface area (Å²) in [6, 6.07) is 5.89. The Morgan fingerprint density at radius 2 is 2.13 bits per heavy atom. The highest BCUT2D eigenvalue weighted by atomic mass is 16.5. The lowest BCUT2D eigenvalue weighted by Gasteiger charge is -2.21. The average Bonchev–Trinajstić information content (AvgIpc) is 2.27. The van der Waals surface area contributed by atoms with Crippen LogP contribution in [0.4, 0.5) is 0 Å². The molecule has 1 aliphatic heterocycles. The van der Waals surface area contributed by atoms with E-state index in [-0.39, 0.29) is 0 Å². The van der Waals surface area contributed by atoms with Crippen molar-refractivity contribution in [1.82, 2.24) is 0 Å². The van der Waals surface area contributed by atoms with E-state index in [2.05, 4.69) is 19.9 Å². The van der Waals surface area contributed by atoms with E-state index in [1.807, 2.05) is 18.2 Å². The van der Waals surface area contributed by atoms with Gasteiger partial charge < -0.3 is 9.47 Å². The molecule has 0 radical (unpaired) electrons. The van der Waals surface area contributed by atoms with Crippen LogP contribution in [-0.2, 0) is 0 Å². The largest absolute Gasteiger partial charge is 0.496 e. The quantitative estimate of drug-likeness (QED) is 0.736. The predicted octanol–water partition coefficient (Wildman–Crippen LogP) is 3.13. The van der Waals surface area contributed by atoms with E-state index >= 15 is 0 Å². The Labute approximate surface area is 90.5 Å². The SMILES string of the molecule is COc1cccc2c1C=C(C(C)C)CO2. The zero-order chi connectivity index (χ0) is 10.8.